The van der Waals surface area contributed by atoms with Crippen molar-refractivity contribution in [3.8, 4) is 0 Å². The van der Waals surface area contributed by atoms with Gasteiger partial charge < -0.3 is 4.74 Å². The molecule has 4 rings (SSSR count). The van der Waals surface area contributed by atoms with Gasteiger partial charge in [-0.3, -0.25) is 4.79 Å². The fourth-order valence-electron chi connectivity index (χ4n) is 3.15. The van der Waals surface area contributed by atoms with Crippen molar-refractivity contribution in [2.24, 2.45) is 5.10 Å². The number of halogens is 4. The van der Waals surface area contributed by atoms with Crippen molar-refractivity contribution in [3.63, 3.8) is 0 Å². The highest BCUT2D eigenvalue weighted by Crippen LogP contribution is 2.35. The molecular formula is C25H16ClF3N2O3S. The lowest BCUT2D eigenvalue weighted by molar-refractivity contribution is -0.137. The molecule has 0 atom stereocenters. The molecule has 0 unspecified atom stereocenters. The first-order valence-electron chi connectivity index (χ1n) is 10.2. The topological polar surface area (TPSA) is 59.0 Å². The van der Waals surface area contributed by atoms with E-state index < -0.39 is 30.2 Å². The smallest absolute Gasteiger partial charge is 0.416 e. The minimum absolute atomic E-state index is 0.124. The summed E-state index contributed by atoms with van der Waals surface area (Å²) < 4.78 is 45.6. The van der Waals surface area contributed by atoms with Gasteiger partial charge in [-0.25, -0.2) is 4.79 Å². The molecule has 10 heteroatoms. The summed E-state index contributed by atoms with van der Waals surface area (Å²) in [5.74, 6) is -1.66. The number of ether oxygens (including phenoxy) is 1. The Morgan fingerprint density at radius 3 is 2.43 bits per heavy atom. The highest BCUT2D eigenvalue weighted by Gasteiger charge is 2.31. The highest BCUT2D eigenvalue weighted by atomic mass is 35.5. The first kappa shape index (κ1) is 24.4. The Morgan fingerprint density at radius 2 is 1.71 bits per heavy atom. The molecule has 0 spiro atoms. The molecule has 1 heterocycles. The number of rotatable bonds is 6. The van der Waals surface area contributed by atoms with Crippen molar-refractivity contribution in [2.75, 3.05) is 11.6 Å². The molecule has 1 amide bonds. The summed E-state index contributed by atoms with van der Waals surface area (Å²) in [6.07, 6.45) is -3.29. The van der Waals surface area contributed by atoms with Gasteiger partial charge in [-0.1, -0.05) is 66.2 Å². The zero-order valence-electron chi connectivity index (χ0n) is 17.8. The standard InChI is InChI=1S/C25H16ClF3N2O3S/c26-22-19-11-4-5-12-20(19)35-23(22)24(33)34-15-21(32)31(30-14-16-7-2-1-3-8-16)18-10-6-9-17(13-18)25(27,28)29/h1-14H,15H2/b30-14+. The number of hydrazone groups is 1. The van der Waals surface area contributed by atoms with E-state index in [1.54, 1.807) is 54.6 Å². The number of carbonyl (C=O) groups is 2. The van der Waals surface area contributed by atoms with E-state index in [1.165, 1.54) is 18.3 Å². The predicted molar refractivity (Wildman–Crippen MR) is 130 cm³/mol. The molecule has 0 radical (unpaired) electrons. The number of amides is 1. The van der Waals surface area contributed by atoms with Crippen LogP contribution in [0.2, 0.25) is 5.02 Å². The number of fused-ring (bicyclic) bond motifs is 1. The van der Waals surface area contributed by atoms with E-state index in [-0.39, 0.29) is 15.6 Å². The SMILES string of the molecule is O=C(OCC(=O)N(/N=C/c1ccccc1)c1cccc(C(F)(F)F)c1)c1sc2ccccc2c1Cl. The minimum Gasteiger partial charge on any atom is -0.451 e. The van der Waals surface area contributed by atoms with Crippen molar-refractivity contribution in [1.29, 1.82) is 0 Å². The van der Waals surface area contributed by atoms with Crippen LogP contribution in [0.5, 0.6) is 0 Å². The molecule has 3 aromatic carbocycles. The number of carbonyl (C=O) groups excluding carboxylic acids is 2. The van der Waals surface area contributed by atoms with Gasteiger partial charge in [-0.2, -0.15) is 23.3 Å². The van der Waals surface area contributed by atoms with Gasteiger partial charge in [0.05, 0.1) is 22.5 Å². The van der Waals surface area contributed by atoms with Gasteiger partial charge in [-0.15, -0.1) is 11.3 Å². The zero-order chi connectivity index (χ0) is 25.0. The Balaban J connectivity index is 1.58. The second-order valence-corrected chi connectivity index (χ2v) is 8.66. The third kappa shape index (κ3) is 5.70. The van der Waals surface area contributed by atoms with E-state index >= 15 is 0 Å². The number of hydrogen-bond acceptors (Lipinski definition) is 5. The van der Waals surface area contributed by atoms with Crippen molar-refractivity contribution in [2.45, 2.75) is 6.18 Å². The van der Waals surface area contributed by atoms with Crippen molar-refractivity contribution in [3.05, 3.63) is 99.9 Å². The Kier molecular flexibility index (Phi) is 7.18. The van der Waals surface area contributed by atoms with Crippen LogP contribution < -0.4 is 5.01 Å². The van der Waals surface area contributed by atoms with E-state index in [4.69, 9.17) is 16.3 Å². The molecule has 0 aliphatic carbocycles. The summed E-state index contributed by atoms with van der Waals surface area (Å²) in [5.41, 5.74) is -0.462. The van der Waals surface area contributed by atoms with Crippen molar-refractivity contribution >= 4 is 56.8 Å². The Bertz CT molecular complexity index is 1400. The number of anilines is 1. The zero-order valence-corrected chi connectivity index (χ0v) is 19.4. The molecule has 0 N–H and O–H groups in total. The molecule has 0 fully saturated rings. The summed E-state index contributed by atoms with van der Waals surface area (Å²) in [4.78, 5) is 25.7. The summed E-state index contributed by atoms with van der Waals surface area (Å²) >= 11 is 7.40. The molecule has 0 bridgehead atoms. The second-order valence-electron chi connectivity index (χ2n) is 7.23. The van der Waals surface area contributed by atoms with Gasteiger partial charge in [-0.05, 0) is 29.8 Å². The Labute approximate surface area is 207 Å². The summed E-state index contributed by atoms with van der Waals surface area (Å²) in [6.45, 7) is -0.758. The van der Waals surface area contributed by atoms with Crippen LogP contribution in [0.4, 0.5) is 18.9 Å². The van der Waals surface area contributed by atoms with Crippen molar-refractivity contribution < 1.29 is 27.5 Å². The largest absolute Gasteiger partial charge is 0.451 e. The van der Waals surface area contributed by atoms with Crippen molar-refractivity contribution in [1.82, 2.24) is 0 Å². The maximum absolute atomic E-state index is 13.2. The summed E-state index contributed by atoms with van der Waals surface area (Å²) in [7, 11) is 0. The minimum atomic E-state index is -4.61. The van der Waals surface area contributed by atoms with Crippen LogP contribution in [0.25, 0.3) is 10.1 Å². The van der Waals surface area contributed by atoms with Crippen LogP contribution in [0, 0.1) is 0 Å². The maximum Gasteiger partial charge on any atom is 0.416 e. The van der Waals surface area contributed by atoms with Gasteiger partial charge in [0.2, 0.25) is 0 Å². The molecule has 0 aliphatic heterocycles. The van der Waals surface area contributed by atoms with E-state index in [9.17, 15) is 22.8 Å². The first-order valence-corrected chi connectivity index (χ1v) is 11.4. The lowest BCUT2D eigenvalue weighted by atomic mass is 10.2. The van der Waals surface area contributed by atoms with E-state index in [1.807, 2.05) is 0 Å². The van der Waals surface area contributed by atoms with Crippen LogP contribution in [-0.2, 0) is 15.7 Å². The van der Waals surface area contributed by atoms with Crippen LogP contribution in [0.3, 0.4) is 0 Å². The fourth-order valence-corrected chi connectivity index (χ4v) is 4.55. The Morgan fingerprint density at radius 1 is 1.00 bits per heavy atom. The summed E-state index contributed by atoms with van der Waals surface area (Å²) in [5, 5.41) is 5.72. The van der Waals surface area contributed by atoms with Gasteiger partial charge >= 0.3 is 12.1 Å². The van der Waals surface area contributed by atoms with Gasteiger partial charge in [0.15, 0.2) is 6.61 Å². The molecule has 0 saturated carbocycles. The lowest BCUT2D eigenvalue weighted by Gasteiger charge is -2.18. The molecule has 4 aromatic rings. The molecule has 178 valence electrons. The van der Waals surface area contributed by atoms with Gasteiger partial charge in [0, 0.05) is 10.1 Å². The number of hydrogen-bond donors (Lipinski definition) is 0. The fraction of sp³-hybridized carbons (Fsp3) is 0.0800. The van der Waals surface area contributed by atoms with Crippen LogP contribution in [-0.4, -0.2) is 24.7 Å². The first-order chi connectivity index (χ1) is 16.7. The van der Waals surface area contributed by atoms with E-state index in [0.29, 0.717) is 10.9 Å². The number of alkyl halides is 3. The van der Waals surface area contributed by atoms with Crippen LogP contribution >= 0.6 is 22.9 Å². The third-order valence-electron chi connectivity index (χ3n) is 4.82. The molecule has 35 heavy (non-hydrogen) atoms. The van der Waals surface area contributed by atoms with Crippen LogP contribution in [0.15, 0.2) is 84.0 Å². The van der Waals surface area contributed by atoms with Crippen LogP contribution in [0.1, 0.15) is 20.8 Å². The second kappa shape index (κ2) is 10.3. The normalized spacial score (nSPS) is 11.7. The highest BCUT2D eigenvalue weighted by molar-refractivity contribution is 7.21. The quantitative estimate of drug-likeness (QED) is 0.161. The molecule has 1 aromatic heterocycles. The molecule has 0 aliphatic rings. The lowest BCUT2D eigenvalue weighted by Crippen LogP contribution is -2.31. The predicted octanol–water partition coefficient (Wildman–Crippen LogP) is 6.80. The summed E-state index contributed by atoms with van der Waals surface area (Å²) in [6, 6.07) is 20.0. The average molecular weight is 517 g/mol. The number of benzene rings is 3. The number of nitrogens with zero attached hydrogens (tertiary/aromatic N) is 2. The Hall–Kier alpha value is -3.69. The molecule has 0 saturated heterocycles. The number of thiophene rings is 1. The average Bonchev–Trinajstić information content (AvgIpc) is 3.19. The molecular weight excluding hydrogens is 501 g/mol. The monoisotopic (exact) mass is 516 g/mol. The van der Waals surface area contributed by atoms with Gasteiger partial charge in [0.25, 0.3) is 5.91 Å². The third-order valence-corrected chi connectivity index (χ3v) is 6.48. The van der Waals surface area contributed by atoms with Gasteiger partial charge in [0.1, 0.15) is 4.88 Å². The van der Waals surface area contributed by atoms with E-state index in [2.05, 4.69) is 5.10 Å². The number of esters is 1. The van der Waals surface area contributed by atoms with E-state index in [0.717, 1.165) is 33.2 Å². The maximum atomic E-state index is 13.2. The molecule has 5 nitrogen and oxygen atoms in total.